The summed E-state index contributed by atoms with van der Waals surface area (Å²) in [7, 11) is 0. The fraction of sp³-hybridized carbons (Fsp3) is 0.467. The second-order valence-electron chi connectivity index (χ2n) is 5.57. The second-order valence-corrected chi connectivity index (χ2v) is 5.57. The van der Waals surface area contributed by atoms with E-state index in [1.54, 1.807) is 0 Å². The molecule has 0 unspecified atom stereocenters. The average Bonchev–Trinajstić information content (AvgIpc) is 3.07. The summed E-state index contributed by atoms with van der Waals surface area (Å²) in [4.78, 5) is 33.6. The van der Waals surface area contributed by atoms with Crippen LogP contribution in [0.4, 0.5) is 14.5 Å². The van der Waals surface area contributed by atoms with Crippen molar-refractivity contribution in [2.75, 3.05) is 13.1 Å². The summed E-state index contributed by atoms with van der Waals surface area (Å²) >= 11 is 0. The van der Waals surface area contributed by atoms with Crippen LogP contribution in [-0.2, 0) is 4.79 Å². The first-order chi connectivity index (χ1) is 11.4. The first-order valence-corrected chi connectivity index (χ1v) is 7.59. The number of nitro groups is 1. The number of halogens is 2. The van der Waals surface area contributed by atoms with E-state index in [0.717, 1.165) is 25.7 Å². The maximum atomic E-state index is 13.2. The van der Waals surface area contributed by atoms with Crippen molar-refractivity contribution in [3.8, 4) is 0 Å². The molecule has 1 fully saturated rings. The molecule has 0 saturated heterocycles. The molecule has 130 valence electrons. The maximum Gasteiger partial charge on any atom is 0.285 e. The van der Waals surface area contributed by atoms with E-state index in [0.29, 0.717) is 12.1 Å². The van der Waals surface area contributed by atoms with E-state index >= 15 is 0 Å². The number of carbonyl (C=O) groups is 2. The lowest BCUT2D eigenvalue weighted by molar-refractivity contribution is -0.385. The van der Waals surface area contributed by atoms with E-state index in [4.69, 9.17) is 0 Å². The number of benzene rings is 1. The Balaban J connectivity index is 1.89. The molecule has 1 aliphatic carbocycles. The molecular formula is C15H17F2N3O4. The number of hydrogen-bond acceptors (Lipinski definition) is 4. The van der Waals surface area contributed by atoms with Gasteiger partial charge < -0.3 is 10.6 Å². The van der Waals surface area contributed by atoms with Crippen molar-refractivity contribution < 1.29 is 23.3 Å². The fourth-order valence-electron chi connectivity index (χ4n) is 2.66. The molecule has 0 atom stereocenters. The SMILES string of the molecule is O=C(NCCNC(=O)C1CCCC1)c1cc(F)c(F)cc1[N+](=O)[O-]. The van der Waals surface area contributed by atoms with E-state index in [2.05, 4.69) is 10.6 Å². The minimum atomic E-state index is -1.40. The maximum absolute atomic E-state index is 13.2. The first kappa shape index (κ1) is 17.8. The van der Waals surface area contributed by atoms with Gasteiger partial charge in [-0.1, -0.05) is 12.8 Å². The lowest BCUT2D eigenvalue weighted by Crippen LogP contribution is -2.37. The lowest BCUT2D eigenvalue weighted by atomic mass is 10.1. The summed E-state index contributed by atoms with van der Waals surface area (Å²) in [5.74, 6) is -3.74. The van der Waals surface area contributed by atoms with Gasteiger partial charge in [0.25, 0.3) is 11.6 Å². The van der Waals surface area contributed by atoms with Crippen molar-refractivity contribution in [1.29, 1.82) is 0 Å². The summed E-state index contributed by atoms with van der Waals surface area (Å²) in [6.45, 7) is 0.173. The van der Waals surface area contributed by atoms with E-state index in [-0.39, 0.29) is 24.9 Å². The van der Waals surface area contributed by atoms with Crippen LogP contribution < -0.4 is 10.6 Å². The van der Waals surface area contributed by atoms with Gasteiger partial charge in [-0.2, -0.15) is 0 Å². The summed E-state index contributed by atoms with van der Waals surface area (Å²) < 4.78 is 26.3. The molecule has 0 aliphatic heterocycles. The number of rotatable bonds is 6. The summed E-state index contributed by atoms with van der Waals surface area (Å²) in [6, 6.07) is 0.853. The van der Waals surface area contributed by atoms with Crippen molar-refractivity contribution in [3.63, 3.8) is 0 Å². The monoisotopic (exact) mass is 341 g/mol. The molecule has 1 aromatic carbocycles. The predicted molar refractivity (Wildman–Crippen MR) is 80.3 cm³/mol. The van der Waals surface area contributed by atoms with Crippen molar-refractivity contribution in [3.05, 3.63) is 39.4 Å². The number of nitrogens with zero attached hydrogens (tertiary/aromatic N) is 1. The van der Waals surface area contributed by atoms with Crippen LogP contribution in [-0.4, -0.2) is 29.8 Å². The number of nitrogens with one attached hydrogen (secondary N) is 2. The molecule has 0 spiro atoms. The molecule has 9 heteroatoms. The number of hydrogen-bond donors (Lipinski definition) is 2. The van der Waals surface area contributed by atoms with Gasteiger partial charge in [-0.25, -0.2) is 8.78 Å². The van der Waals surface area contributed by atoms with Crippen molar-refractivity contribution >= 4 is 17.5 Å². The zero-order valence-electron chi connectivity index (χ0n) is 12.8. The quantitative estimate of drug-likeness (QED) is 0.469. The predicted octanol–water partition coefficient (Wildman–Crippen LogP) is 1.91. The third-order valence-electron chi connectivity index (χ3n) is 3.92. The fourth-order valence-corrected chi connectivity index (χ4v) is 2.66. The van der Waals surface area contributed by atoms with Gasteiger partial charge in [-0.15, -0.1) is 0 Å². The summed E-state index contributed by atoms with van der Waals surface area (Å²) in [6.07, 6.45) is 3.74. The second kappa shape index (κ2) is 7.80. The Morgan fingerprint density at radius 3 is 2.33 bits per heavy atom. The molecule has 24 heavy (non-hydrogen) atoms. The standard InChI is InChI=1S/C15H17F2N3O4/c16-11-7-10(13(20(23)24)8-12(11)17)15(22)19-6-5-18-14(21)9-3-1-2-4-9/h7-9H,1-6H2,(H,18,21)(H,19,22). The molecule has 1 saturated carbocycles. The highest BCUT2D eigenvalue weighted by atomic mass is 19.2. The van der Waals surface area contributed by atoms with Crippen LogP contribution in [0.2, 0.25) is 0 Å². The normalized spacial score (nSPS) is 14.4. The van der Waals surface area contributed by atoms with Gasteiger partial charge in [0.2, 0.25) is 5.91 Å². The summed E-state index contributed by atoms with van der Waals surface area (Å²) in [5, 5.41) is 15.8. The Hall–Kier alpha value is -2.58. The molecule has 1 aromatic rings. The smallest absolute Gasteiger partial charge is 0.285 e. The molecule has 7 nitrogen and oxygen atoms in total. The van der Waals surface area contributed by atoms with Gasteiger partial charge >= 0.3 is 0 Å². The number of carbonyl (C=O) groups excluding carboxylic acids is 2. The van der Waals surface area contributed by atoms with Gasteiger partial charge in [-0.05, 0) is 18.9 Å². The van der Waals surface area contributed by atoms with Gasteiger partial charge in [0.1, 0.15) is 5.56 Å². The number of amides is 2. The molecule has 0 aromatic heterocycles. The Bertz CT molecular complexity index is 660. The molecular weight excluding hydrogens is 324 g/mol. The van der Waals surface area contributed by atoms with E-state index < -0.39 is 33.7 Å². The van der Waals surface area contributed by atoms with Gasteiger partial charge in [0.05, 0.1) is 11.0 Å². The topological polar surface area (TPSA) is 101 Å². The highest BCUT2D eigenvalue weighted by Gasteiger charge is 2.24. The highest BCUT2D eigenvalue weighted by Crippen LogP contribution is 2.24. The van der Waals surface area contributed by atoms with Gasteiger partial charge in [0.15, 0.2) is 11.6 Å². The molecule has 2 N–H and O–H groups in total. The molecule has 0 radical (unpaired) electrons. The van der Waals surface area contributed by atoms with E-state index in [9.17, 15) is 28.5 Å². The molecule has 1 aliphatic rings. The number of nitro benzene ring substituents is 1. The Morgan fingerprint density at radius 2 is 1.71 bits per heavy atom. The minimum Gasteiger partial charge on any atom is -0.354 e. The third-order valence-corrected chi connectivity index (χ3v) is 3.92. The van der Waals surface area contributed by atoms with Crippen LogP contribution in [0.5, 0.6) is 0 Å². The van der Waals surface area contributed by atoms with Crippen molar-refractivity contribution in [2.45, 2.75) is 25.7 Å². The van der Waals surface area contributed by atoms with Crippen LogP contribution in [0, 0.1) is 27.7 Å². The van der Waals surface area contributed by atoms with Gasteiger partial charge in [0, 0.05) is 19.0 Å². The van der Waals surface area contributed by atoms with Crippen molar-refractivity contribution in [2.24, 2.45) is 5.92 Å². The molecule has 0 bridgehead atoms. The van der Waals surface area contributed by atoms with Crippen molar-refractivity contribution in [1.82, 2.24) is 10.6 Å². The Kier molecular flexibility index (Phi) is 5.78. The zero-order chi connectivity index (χ0) is 17.7. The van der Waals surface area contributed by atoms with Crippen LogP contribution in [0.3, 0.4) is 0 Å². The van der Waals surface area contributed by atoms with Crippen LogP contribution in [0.15, 0.2) is 12.1 Å². The molecule has 0 heterocycles. The van der Waals surface area contributed by atoms with Gasteiger partial charge in [-0.3, -0.25) is 19.7 Å². The highest BCUT2D eigenvalue weighted by molar-refractivity contribution is 5.98. The Morgan fingerprint density at radius 1 is 1.12 bits per heavy atom. The molecule has 2 rings (SSSR count). The lowest BCUT2D eigenvalue weighted by Gasteiger charge is -2.11. The zero-order valence-corrected chi connectivity index (χ0v) is 12.8. The van der Waals surface area contributed by atoms with E-state index in [1.807, 2.05) is 0 Å². The minimum absolute atomic E-state index is 0.00650. The Labute approximate surface area is 136 Å². The van der Waals surface area contributed by atoms with Crippen LogP contribution in [0.25, 0.3) is 0 Å². The van der Waals surface area contributed by atoms with Crippen LogP contribution >= 0.6 is 0 Å². The first-order valence-electron chi connectivity index (χ1n) is 7.59. The molecule has 2 amide bonds. The summed E-state index contributed by atoms with van der Waals surface area (Å²) in [5.41, 5.74) is -1.39. The van der Waals surface area contributed by atoms with Crippen LogP contribution in [0.1, 0.15) is 36.0 Å². The third kappa shape index (κ3) is 4.24. The largest absolute Gasteiger partial charge is 0.354 e. The average molecular weight is 341 g/mol. The van der Waals surface area contributed by atoms with E-state index in [1.165, 1.54) is 0 Å².